The van der Waals surface area contributed by atoms with Crippen molar-refractivity contribution in [2.24, 2.45) is 5.92 Å². The van der Waals surface area contributed by atoms with Crippen molar-refractivity contribution in [2.75, 3.05) is 0 Å². The summed E-state index contributed by atoms with van der Waals surface area (Å²) < 4.78 is 13.0. The minimum absolute atomic E-state index is 0.0192. The van der Waals surface area contributed by atoms with E-state index < -0.39 is 0 Å². The second kappa shape index (κ2) is 3.52. The van der Waals surface area contributed by atoms with Gasteiger partial charge in [-0.1, -0.05) is 12.1 Å². The summed E-state index contributed by atoms with van der Waals surface area (Å²) in [6.45, 7) is 1.73. The van der Waals surface area contributed by atoms with E-state index in [0.717, 1.165) is 24.7 Å². The van der Waals surface area contributed by atoms with E-state index in [0.29, 0.717) is 11.5 Å². The van der Waals surface area contributed by atoms with Crippen LogP contribution >= 0.6 is 0 Å². The Labute approximate surface area is 82.9 Å². The van der Waals surface area contributed by atoms with Crippen LogP contribution in [-0.4, -0.2) is 6.29 Å². The Hall–Kier alpha value is -1.18. The van der Waals surface area contributed by atoms with E-state index in [4.69, 9.17) is 0 Å². The van der Waals surface area contributed by atoms with Crippen molar-refractivity contribution in [3.8, 4) is 0 Å². The highest BCUT2D eigenvalue weighted by atomic mass is 19.1. The Morgan fingerprint density at radius 1 is 1.50 bits per heavy atom. The van der Waals surface area contributed by atoms with Gasteiger partial charge in [-0.25, -0.2) is 4.39 Å². The molecule has 1 unspecified atom stereocenters. The smallest absolute Gasteiger partial charge is 0.127 e. The molecule has 0 bridgehead atoms. The van der Waals surface area contributed by atoms with Crippen LogP contribution in [0.5, 0.6) is 0 Å². The van der Waals surface area contributed by atoms with E-state index >= 15 is 0 Å². The molecule has 1 atom stereocenters. The standard InChI is InChI=1S/C12H13FO/c1-8-6-10(4-5-12(8)13)11(7-14)9-2-3-9/h4-7,9,11H,2-3H2,1H3. The van der Waals surface area contributed by atoms with Gasteiger partial charge >= 0.3 is 0 Å². The number of halogens is 1. The van der Waals surface area contributed by atoms with Gasteiger partial charge in [-0.05, 0) is 42.9 Å². The maximum Gasteiger partial charge on any atom is 0.127 e. The average Bonchev–Trinajstić information content (AvgIpc) is 2.96. The first-order chi connectivity index (χ1) is 6.72. The van der Waals surface area contributed by atoms with Crippen LogP contribution in [0.4, 0.5) is 4.39 Å². The maximum atomic E-state index is 13.0. The highest BCUT2D eigenvalue weighted by Crippen LogP contribution is 2.41. The molecule has 74 valence electrons. The van der Waals surface area contributed by atoms with Gasteiger partial charge in [0.1, 0.15) is 12.1 Å². The van der Waals surface area contributed by atoms with Gasteiger partial charge in [-0.15, -0.1) is 0 Å². The lowest BCUT2D eigenvalue weighted by Gasteiger charge is -2.09. The van der Waals surface area contributed by atoms with Crippen molar-refractivity contribution in [3.63, 3.8) is 0 Å². The molecule has 1 aromatic rings. The topological polar surface area (TPSA) is 17.1 Å². The number of hydrogen-bond donors (Lipinski definition) is 0. The van der Waals surface area contributed by atoms with E-state index in [2.05, 4.69) is 0 Å². The summed E-state index contributed by atoms with van der Waals surface area (Å²) in [5.74, 6) is 0.279. The van der Waals surface area contributed by atoms with Gasteiger partial charge in [0, 0.05) is 5.92 Å². The highest BCUT2D eigenvalue weighted by Gasteiger charge is 2.32. The lowest BCUT2D eigenvalue weighted by Crippen LogP contribution is -2.03. The third-order valence-electron chi connectivity index (χ3n) is 2.84. The fourth-order valence-electron chi connectivity index (χ4n) is 1.79. The average molecular weight is 192 g/mol. The molecule has 2 heteroatoms. The zero-order valence-electron chi connectivity index (χ0n) is 8.16. The van der Waals surface area contributed by atoms with Crippen LogP contribution in [0.2, 0.25) is 0 Å². The monoisotopic (exact) mass is 192 g/mol. The van der Waals surface area contributed by atoms with Crippen molar-refractivity contribution in [3.05, 3.63) is 35.1 Å². The second-order valence-electron chi connectivity index (χ2n) is 4.01. The molecule has 1 aliphatic rings. The third-order valence-corrected chi connectivity index (χ3v) is 2.84. The number of carbonyl (C=O) groups excluding carboxylic acids is 1. The molecular weight excluding hydrogens is 179 g/mol. The van der Waals surface area contributed by atoms with E-state index in [1.807, 2.05) is 0 Å². The van der Waals surface area contributed by atoms with Gasteiger partial charge in [0.2, 0.25) is 0 Å². The lowest BCUT2D eigenvalue weighted by molar-refractivity contribution is -0.109. The summed E-state index contributed by atoms with van der Waals surface area (Å²) in [5.41, 5.74) is 1.58. The highest BCUT2D eigenvalue weighted by molar-refractivity contribution is 5.63. The van der Waals surface area contributed by atoms with Crippen LogP contribution in [0.3, 0.4) is 0 Å². The predicted molar refractivity (Wildman–Crippen MR) is 52.7 cm³/mol. The summed E-state index contributed by atoms with van der Waals surface area (Å²) in [6.07, 6.45) is 3.24. The van der Waals surface area contributed by atoms with Crippen LogP contribution < -0.4 is 0 Å². The molecule has 0 saturated heterocycles. The van der Waals surface area contributed by atoms with Gasteiger partial charge < -0.3 is 4.79 Å². The first-order valence-electron chi connectivity index (χ1n) is 4.93. The van der Waals surface area contributed by atoms with E-state index in [1.165, 1.54) is 6.07 Å². The molecule has 2 rings (SSSR count). The van der Waals surface area contributed by atoms with Gasteiger partial charge in [-0.3, -0.25) is 0 Å². The Morgan fingerprint density at radius 2 is 2.21 bits per heavy atom. The van der Waals surface area contributed by atoms with E-state index in [-0.39, 0.29) is 11.7 Å². The van der Waals surface area contributed by atoms with Crippen LogP contribution in [0, 0.1) is 18.7 Å². The quantitative estimate of drug-likeness (QED) is 0.673. The molecule has 0 N–H and O–H groups in total. The van der Waals surface area contributed by atoms with Crippen molar-refractivity contribution in [2.45, 2.75) is 25.7 Å². The number of rotatable bonds is 3. The first kappa shape index (κ1) is 9.38. The number of hydrogen-bond acceptors (Lipinski definition) is 1. The Balaban J connectivity index is 2.29. The fourth-order valence-corrected chi connectivity index (χ4v) is 1.79. The lowest BCUT2D eigenvalue weighted by atomic mass is 9.94. The zero-order valence-corrected chi connectivity index (χ0v) is 8.16. The molecule has 0 aliphatic heterocycles. The summed E-state index contributed by atoms with van der Waals surface area (Å²) >= 11 is 0. The van der Waals surface area contributed by atoms with Crippen LogP contribution in [0.1, 0.15) is 29.9 Å². The fraction of sp³-hybridized carbons (Fsp3) is 0.417. The summed E-state index contributed by atoms with van der Waals surface area (Å²) in [4.78, 5) is 10.9. The number of carbonyl (C=O) groups is 1. The van der Waals surface area contributed by atoms with Gasteiger partial charge in [-0.2, -0.15) is 0 Å². The van der Waals surface area contributed by atoms with Crippen molar-refractivity contribution in [1.29, 1.82) is 0 Å². The second-order valence-corrected chi connectivity index (χ2v) is 4.01. The van der Waals surface area contributed by atoms with Gasteiger partial charge in [0.15, 0.2) is 0 Å². The van der Waals surface area contributed by atoms with Gasteiger partial charge in [0.25, 0.3) is 0 Å². The number of benzene rings is 1. The largest absolute Gasteiger partial charge is 0.303 e. The molecule has 1 saturated carbocycles. The van der Waals surface area contributed by atoms with E-state index in [9.17, 15) is 9.18 Å². The van der Waals surface area contributed by atoms with Crippen molar-refractivity contribution in [1.82, 2.24) is 0 Å². The summed E-state index contributed by atoms with van der Waals surface area (Å²) in [7, 11) is 0. The molecular formula is C12H13FO. The number of aldehydes is 1. The molecule has 0 spiro atoms. The molecule has 0 radical (unpaired) electrons. The molecule has 0 amide bonds. The Morgan fingerprint density at radius 3 is 2.71 bits per heavy atom. The zero-order chi connectivity index (χ0) is 10.1. The molecule has 0 heterocycles. The van der Waals surface area contributed by atoms with Crippen LogP contribution in [0.15, 0.2) is 18.2 Å². The van der Waals surface area contributed by atoms with Gasteiger partial charge in [0.05, 0.1) is 0 Å². The summed E-state index contributed by atoms with van der Waals surface area (Å²) in [5, 5.41) is 0. The first-order valence-corrected chi connectivity index (χ1v) is 4.93. The minimum Gasteiger partial charge on any atom is -0.303 e. The Bertz CT molecular complexity index is 355. The van der Waals surface area contributed by atoms with Crippen LogP contribution in [-0.2, 0) is 4.79 Å². The molecule has 1 aromatic carbocycles. The predicted octanol–water partition coefficient (Wildman–Crippen LogP) is 2.83. The molecule has 1 fully saturated rings. The Kier molecular flexibility index (Phi) is 2.36. The maximum absolute atomic E-state index is 13.0. The van der Waals surface area contributed by atoms with E-state index in [1.54, 1.807) is 19.1 Å². The number of aryl methyl sites for hydroxylation is 1. The normalized spacial score (nSPS) is 17.9. The molecule has 1 nitrogen and oxygen atoms in total. The molecule has 14 heavy (non-hydrogen) atoms. The SMILES string of the molecule is Cc1cc(C(C=O)C2CC2)ccc1F. The summed E-state index contributed by atoms with van der Waals surface area (Å²) in [6, 6.07) is 4.95. The van der Waals surface area contributed by atoms with Crippen molar-refractivity contribution >= 4 is 6.29 Å². The molecule has 0 aromatic heterocycles. The van der Waals surface area contributed by atoms with Crippen LogP contribution in [0.25, 0.3) is 0 Å². The van der Waals surface area contributed by atoms with Crippen molar-refractivity contribution < 1.29 is 9.18 Å². The third kappa shape index (κ3) is 1.69. The molecule has 1 aliphatic carbocycles. The minimum atomic E-state index is -0.200.